The van der Waals surface area contributed by atoms with E-state index in [2.05, 4.69) is 9.97 Å². The average Bonchev–Trinajstić information content (AvgIpc) is 2.89. The smallest absolute Gasteiger partial charge is 0.399 e. The fourth-order valence-corrected chi connectivity index (χ4v) is 3.78. The summed E-state index contributed by atoms with van der Waals surface area (Å²) in [5, 5.41) is 0. The molecule has 2 aliphatic heterocycles. The number of carbonyl (C=O) groups is 1. The van der Waals surface area contributed by atoms with Crippen LogP contribution in [0.25, 0.3) is 0 Å². The monoisotopic (exact) mass is 408 g/mol. The molecule has 0 bridgehead atoms. The number of hydrogen-bond acceptors (Lipinski definition) is 6. The van der Waals surface area contributed by atoms with Crippen molar-refractivity contribution in [3.8, 4) is 0 Å². The Labute approximate surface area is 172 Å². The Balaban J connectivity index is 1.65. The van der Waals surface area contributed by atoms with Gasteiger partial charge in [-0.25, -0.2) is 9.97 Å². The van der Waals surface area contributed by atoms with Gasteiger partial charge in [-0.15, -0.1) is 11.6 Å². The first kappa shape index (κ1) is 21.3. The Morgan fingerprint density at radius 1 is 1.25 bits per heavy atom. The van der Waals surface area contributed by atoms with Crippen molar-refractivity contribution in [2.24, 2.45) is 0 Å². The van der Waals surface area contributed by atoms with E-state index in [1.807, 2.05) is 44.5 Å². The molecule has 2 fully saturated rings. The summed E-state index contributed by atoms with van der Waals surface area (Å²) in [6.07, 6.45) is 6.63. The first-order valence-corrected chi connectivity index (χ1v) is 10.4. The molecule has 3 heterocycles. The number of aromatic nitrogens is 2. The van der Waals surface area contributed by atoms with E-state index < -0.39 is 18.3 Å². The van der Waals surface area contributed by atoms with Crippen LogP contribution in [0.15, 0.2) is 12.4 Å². The molecule has 9 heteroatoms. The van der Waals surface area contributed by atoms with Crippen molar-refractivity contribution in [1.29, 1.82) is 0 Å². The van der Waals surface area contributed by atoms with Gasteiger partial charge < -0.3 is 19.1 Å². The number of likely N-dealkylation sites (tertiary alicyclic amines) is 1. The fraction of sp³-hybridized carbons (Fsp3) is 0.737. The van der Waals surface area contributed by atoms with Gasteiger partial charge in [0.1, 0.15) is 5.88 Å². The molecule has 0 radical (unpaired) electrons. The Hall–Kier alpha value is -1.38. The maximum atomic E-state index is 12.1. The van der Waals surface area contributed by atoms with Crippen LogP contribution in [0.2, 0.25) is 0 Å². The van der Waals surface area contributed by atoms with Crippen LogP contribution in [0.1, 0.15) is 47.0 Å². The van der Waals surface area contributed by atoms with Crippen LogP contribution < -0.4 is 10.4 Å². The van der Waals surface area contributed by atoms with Crippen LogP contribution in [0.4, 0.5) is 5.95 Å². The number of anilines is 1. The van der Waals surface area contributed by atoms with Gasteiger partial charge in [0.15, 0.2) is 0 Å². The van der Waals surface area contributed by atoms with Gasteiger partial charge in [-0.2, -0.15) is 0 Å². The molecular weight excluding hydrogens is 378 g/mol. The van der Waals surface area contributed by atoms with E-state index in [0.717, 1.165) is 31.3 Å². The predicted octanol–water partition coefficient (Wildman–Crippen LogP) is 1.83. The normalized spacial score (nSPS) is 23.7. The lowest BCUT2D eigenvalue weighted by molar-refractivity contribution is -0.131. The van der Waals surface area contributed by atoms with Crippen LogP contribution in [0.3, 0.4) is 0 Å². The Kier molecular flexibility index (Phi) is 6.22. The molecule has 154 valence electrons. The molecule has 1 aromatic rings. The summed E-state index contributed by atoms with van der Waals surface area (Å²) < 4.78 is 12.1. The first-order valence-electron chi connectivity index (χ1n) is 9.89. The average molecular weight is 409 g/mol. The SMILES string of the molecule is CN(C[C@H]1CCCCN1C(=O)CCl)c1ncc(B2OC(C)(C)C(C)(C)O2)cn1. The van der Waals surface area contributed by atoms with Crippen molar-refractivity contribution in [2.45, 2.75) is 64.2 Å². The number of halogens is 1. The Morgan fingerprint density at radius 2 is 1.86 bits per heavy atom. The van der Waals surface area contributed by atoms with Gasteiger partial charge in [0.2, 0.25) is 11.9 Å². The summed E-state index contributed by atoms with van der Waals surface area (Å²) in [6, 6.07) is 0.136. The molecule has 0 aliphatic carbocycles. The standard InChI is InChI=1S/C19H30BClN4O3/c1-18(2)19(3,4)28-20(27-18)14-11-22-17(23-12-14)24(5)13-15-8-6-7-9-25(15)16(26)10-21/h11-12,15H,6-10,13H2,1-5H3/t15-/m1/s1. The summed E-state index contributed by atoms with van der Waals surface area (Å²) in [5.41, 5.74) is 0.00593. The Bertz CT molecular complexity index is 685. The lowest BCUT2D eigenvalue weighted by Crippen LogP contribution is -2.49. The number of nitrogens with zero attached hydrogens (tertiary/aromatic N) is 4. The van der Waals surface area contributed by atoms with E-state index in [0.29, 0.717) is 12.5 Å². The molecule has 1 aromatic heterocycles. The van der Waals surface area contributed by atoms with Gasteiger partial charge in [0.05, 0.1) is 11.2 Å². The maximum Gasteiger partial charge on any atom is 0.498 e. The second-order valence-electron chi connectivity index (χ2n) is 8.66. The zero-order valence-corrected chi connectivity index (χ0v) is 18.2. The fourth-order valence-electron chi connectivity index (χ4n) is 3.62. The summed E-state index contributed by atoms with van der Waals surface area (Å²) in [7, 11) is 1.47. The highest BCUT2D eigenvalue weighted by atomic mass is 35.5. The van der Waals surface area contributed by atoms with E-state index in [4.69, 9.17) is 20.9 Å². The largest absolute Gasteiger partial charge is 0.498 e. The lowest BCUT2D eigenvalue weighted by atomic mass is 9.81. The van der Waals surface area contributed by atoms with Gasteiger partial charge in [-0.05, 0) is 47.0 Å². The summed E-state index contributed by atoms with van der Waals surface area (Å²) in [6.45, 7) is 9.54. The minimum atomic E-state index is -0.473. The Morgan fingerprint density at radius 3 is 2.43 bits per heavy atom. The third-order valence-electron chi connectivity index (χ3n) is 6.07. The zero-order valence-electron chi connectivity index (χ0n) is 17.4. The van der Waals surface area contributed by atoms with Gasteiger partial charge in [0.25, 0.3) is 0 Å². The molecule has 28 heavy (non-hydrogen) atoms. The van der Waals surface area contributed by atoms with Crippen molar-refractivity contribution < 1.29 is 14.1 Å². The number of hydrogen-bond donors (Lipinski definition) is 0. The lowest BCUT2D eigenvalue weighted by Gasteiger charge is -2.37. The van der Waals surface area contributed by atoms with E-state index >= 15 is 0 Å². The number of amides is 1. The topological polar surface area (TPSA) is 67.8 Å². The summed E-state index contributed by atoms with van der Waals surface area (Å²) >= 11 is 5.77. The van der Waals surface area contributed by atoms with Crippen LogP contribution in [-0.4, -0.2) is 71.2 Å². The second kappa shape index (κ2) is 8.16. The number of alkyl halides is 1. The number of likely N-dealkylation sites (N-methyl/N-ethyl adjacent to an activating group) is 1. The quantitative estimate of drug-likeness (QED) is 0.547. The molecule has 2 saturated heterocycles. The van der Waals surface area contributed by atoms with E-state index in [-0.39, 0.29) is 17.8 Å². The summed E-state index contributed by atoms with van der Waals surface area (Å²) in [4.78, 5) is 25.0. The number of rotatable bonds is 5. The third kappa shape index (κ3) is 4.29. The molecule has 2 aliphatic rings. The number of piperidine rings is 1. The highest BCUT2D eigenvalue weighted by Gasteiger charge is 2.52. The molecule has 3 rings (SSSR count). The van der Waals surface area contributed by atoms with Gasteiger partial charge >= 0.3 is 7.12 Å². The predicted molar refractivity (Wildman–Crippen MR) is 111 cm³/mol. The van der Waals surface area contributed by atoms with Crippen molar-refractivity contribution in [2.75, 3.05) is 30.9 Å². The zero-order chi connectivity index (χ0) is 20.5. The third-order valence-corrected chi connectivity index (χ3v) is 6.30. The number of carbonyl (C=O) groups excluding carboxylic acids is 1. The van der Waals surface area contributed by atoms with Crippen molar-refractivity contribution in [3.05, 3.63) is 12.4 Å². The molecule has 0 spiro atoms. The van der Waals surface area contributed by atoms with E-state index in [9.17, 15) is 4.79 Å². The van der Waals surface area contributed by atoms with Crippen LogP contribution in [-0.2, 0) is 14.1 Å². The van der Waals surface area contributed by atoms with Crippen molar-refractivity contribution >= 4 is 36.0 Å². The van der Waals surface area contributed by atoms with Crippen LogP contribution in [0.5, 0.6) is 0 Å². The molecule has 0 aromatic carbocycles. The van der Waals surface area contributed by atoms with Crippen molar-refractivity contribution in [3.63, 3.8) is 0 Å². The highest BCUT2D eigenvalue weighted by molar-refractivity contribution is 6.61. The second-order valence-corrected chi connectivity index (χ2v) is 8.92. The minimum absolute atomic E-state index is 0.00297. The molecule has 0 unspecified atom stereocenters. The van der Waals surface area contributed by atoms with Crippen LogP contribution in [0, 0.1) is 0 Å². The van der Waals surface area contributed by atoms with Gasteiger partial charge in [0, 0.05) is 44.0 Å². The highest BCUT2D eigenvalue weighted by Crippen LogP contribution is 2.36. The molecule has 1 atom stereocenters. The van der Waals surface area contributed by atoms with Crippen molar-refractivity contribution in [1.82, 2.24) is 14.9 Å². The maximum absolute atomic E-state index is 12.1. The summed E-state index contributed by atoms with van der Waals surface area (Å²) in [5.74, 6) is 0.639. The van der Waals surface area contributed by atoms with E-state index in [1.165, 1.54) is 0 Å². The minimum Gasteiger partial charge on any atom is -0.399 e. The van der Waals surface area contributed by atoms with E-state index in [1.54, 1.807) is 12.4 Å². The first-order chi connectivity index (χ1) is 13.1. The molecule has 0 N–H and O–H groups in total. The van der Waals surface area contributed by atoms with Gasteiger partial charge in [-0.3, -0.25) is 4.79 Å². The molecule has 7 nitrogen and oxygen atoms in total. The molecule has 0 saturated carbocycles. The molecular formula is C19H30BClN4O3. The molecule has 1 amide bonds. The van der Waals surface area contributed by atoms with Gasteiger partial charge in [-0.1, -0.05) is 0 Å². The van der Waals surface area contributed by atoms with Crippen LogP contribution >= 0.6 is 11.6 Å².